The Hall–Kier alpha value is -3.48. The molecule has 3 aromatic rings. The summed E-state index contributed by atoms with van der Waals surface area (Å²) in [5.41, 5.74) is 2.35. The number of para-hydroxylation sites is 1. The topological polar surface area (TPSA) is 94.3 Å². The molecule has 0 saturated carbocycles. The molecule has 0 atom stereocenters. The summed E-state index contributed by atoms with van der Waals surface area (Å²) in [6, 6.07) is 14.0. The van der Waals surface area contributed by atoms with E-state index in [0.29, 0.717) is 11.3 Å². The third-order valence-electron chi connectivity index (χ3n) is 3.50. The minimum Gasteiger partial charge on any atom is -0.465 e. The highest BCUT2D eigenvalue weighted by molar-refractivity contribution is 6.05. The van der Waals surface area contributed by atoms with Gasteiger partial charge >= 0.3 is 17.8 Å². The van der Waals surface area contributed by atoms with Gasteiger partial charge in [0.2, 0.25) is 5.89 Å². The second-order valence-corrected chi connectivity index (χ2v) is 5.27. The van der Waals surface area contributed by atoms with E-state index >= 15 is 0 Å². The van der Waals surface area contributed by atoms with Crippen LogP contribution in [0.2, 0.25) is 0 Å². The van der Waals surface area contributed by atoms with Crippen LogP contribution < -0.4 is 5.32 Å². The van der Waals surface area contributed by atoms with Gasteiger partial charge in [0, 0.05) is 5.56 Å². The molecule has 0 bridgehead atoms. The van der Waals surface area contributed by atoms with Crippen LogP contribution in [0.5, 0.6) is 0 Å². The van der Waals surface area contributed by atoms with Crippen molar-refractivity contribution in [2.75, 3.05) is 12.4 Å². The fourth-order valence-corrected chi connectivity index (χ4v) is 2.18. The molecular formula is C18H15N3O4. The Labute approximate surface area is 143 Å². The van der Waals surface area contributed by atoms with Crippen LogP contribution in [0.25, 0.3) is 11.5 Å². The number of ether oxygens (including phenoxy) is 1. The van der Waals surface area contributed by atoms with Crippen LogP contribution in [0.3, 0.4) is 0 Å². The van der Waals surface area contributed by atoms with E-state index in [1.807, 2.05) is 31.2 Å². The number of nitrogens with one attached hydrogen (secondary N) is 1. The van der Waals surface area contributed by atoms with Crippen molar-refractivity contribution in [3.8, 4) is 11.5 Å². The third kappa shape index (κ3) is 3.55. The molecule has 0 unspecified atom stereocenters. The molecule has 7 heteroatoms. The molecular weight excluding hydrogens is 322 g/mol. The summed E-state index contributed by atoms with van der Waals surface area (Å²) >= 11 is 0. The molecule has 0 aliphatic heterocycles. The van der Waals surface area contributed by atoms with Gasteiger partial charge in [0.25, 0.3) is 0 Å². The molecule has 1 heterocycles. The average Bonchev–Trinajstić information content (AvgIpc) is 3.12. The van der Waals surface area contributed by atoms with Gasteiger partial charge in [-0.05, 0) is 31.2 Å². The summed E-state index contributed by atoms with van der Waals surface area (Å²) in [6.45, 7) is 1.97. The summed E-state index contributed by atoms with van der Waals surface area (Å²) in [7, 11) is 1.27. The first-order valence-corrected chi connectivity index (χ1v) is 7.47. The zero-order valence-corrected chi connectivity index (χ0v) is 13.6. The Balaban J connectivity index is 1.81. The van der Waals surface area contributed by atoms with E-state index in [0.717, 1.165) is 5.56 Å². The lowest BCUT2D eigenvalue weighted by Gasteiger charge is -2.07. The average molecular weight is 337 g/mol. The Morgan fingerprint density at radius 3 is 2.48 bits per heavy atom. The van der Waals surface area contributed by atoms with Crippen molar-refractivity contribution in [2.45, 2.75) is 6.92 Å². The van der Waals surface area contributed by atoms with Crippen LogP contribution in [0.1, 0.15) is 26.6 Å². The predicted molar refractivity (Wildman–Crippen MR) is 90.2 cm³/mol. The summed E-state index contributed by atoms with van der Waals surface area (Å²) in [4.78, 5) is 24.1. The Kier molecular flexibility index (Phi) is 4.56. The number of rotatable bonds is 4. The molecule has 0 radical (unpaired) electrons. The minimum atomic E-state index is -0.609. The number of carbonyl (C=O) groups is 2. The van der Waals surface area contributed by atoms with Crippen LogP contribution in [-0.4, -0.2) is 29.2 Å². The number of aromatic nitrogens is 2. The maximum absolute atomic E-state index is 12.3. The maximum atomic E-state index is 12.3. The second-order valence-electron chi connectivity index (χ2n) is 5.27. The van der Waals surface area contributed by atoms with Crippen molar-refractivity contribution in [2.24, 2.45) is 0 Å². The van der Waals surface area contributed by atoms with Crippen molar-refractivity contribution in [1.29, 1.82) is 0 Å². The van der Waals surface area contributed by atoms with Gasteiger partial charge in [-0.1, -0.05) is 29.8 Å². The summed E-state index contributed by atoms with van der Waals surface area (Å²) in [6.07, 6.45) is 0. The highest BCUT2D eigenvalue weighted by Crippen LogP contribution is 2.20. The van der Waals surface area contributed by atoms with Gasteiger partial charge in [-0.25, -0.2) is 4.79 Å². The van der Waals surface area contributed by atoms with Crippen LogP contribution >= 0.6 is 0 Å². The lowest BCUT2D eigenvalue weighted by Crippen LogP contribution is -2.15. The van der Waals surface area contributed by atoms with Gasteiger partial charge in [-0.3, -0.25) is 4.79 Å². The van der Waals surface area contributed by atoms with Crippen molar-refractivity contribution in [3.63, 3.8) is 0 Å². The van der Waals surface area contributed by atoms with Crippen LogP contribution in [0.4, 0.5) is 5.69 Å². The van der Waals surface area contributed by atoms with Crippen molar-refractivity contribution in [3.05, 3.63) is 65.5 Å². The molecule has 25 heavy (non-hydrogen) atoms. The van der Waals surface area contributed by atoms with E-state index in [9.17, 15) is 9.59 Å². The number of methoxy groups -OCH3 is 1. The van der Waals surface area contributed by atoms with E-state index in [1.165, 1.54) is 7.11 Å². The Morgan fingerprint density at radius 1 is 1.04 bits per heavy atom. The molecule has 1 amide bonds. The molecule has 2 aromatic carbocycles. The highest BCUT2D eigenvalue weighted by atomic mass is 16.5. The number of hydrogen-bond donors (Lipinski definition) is 1. The standard InChI is InChI=1S/C18H15N3O4/c1-11-7-9-12(10-8-11)16-20-21-17(25-16)15(22)19-14-6-4-3-5-13(14)18(23)24-2/h3-10H,1-2H3,(H,19,22). The number of anilines is 1. The molecule has 0 aliphatic rings. The monoisotopic (exact) mass is 337 g/mol. The summed E-state index contributed by atoms with van der Waals surface area (Å²) < 4.78 is 10.1. The van der Waals surface area contributed by atoms with Gasteiger partial charge in [-0.2, -0.15) is 0 Å². The normalized spacial score (nSPS) is 10.3. The van der Waals surface area contributed by atoms with Gasteiger partial charge in [0.1, 0.15) is 0 Å². The molecule has 1 aromatic heterocycles. The van der Waals surface area contributed by atoms with E-state index in [4.69, 9.17) is 9.15 Å². The molecule has 0 fully saturated rings. The van der Waals surface area contributed by atoms with E-state index in [2.05, 4.69) is 15.5 Å². The number of esters is 1. The van der Waals surface area contributed by atoms with E-state index in [1.54, 1.807) is 24.3 Å². The third-order valence-corrected chi connectivity index (χ3v) is 3.50. The Morgan fingerprint density at radius 2 is 1.76 bits per heavy atom. The lowest BCUT2D eigenvalue weighted by atomic mass is 10.1. The number of carbonyl (C=O) groups excluding carboxylic acids is 2. The van der Waals surface area contributed by atoms with E-state index < -0.39 is 11.9 Å². The molecule has 0 saturated heterocycles. The highest BCUT2D eigenvalue weighted by Gasteiger charge is 2.19. The largest absolute Gasteiger partial charge is 0.465 e. The van der Waals surface area contributed by atoms with Gasteiger partial charge in [0.05, 0.1) is 18.4 Å². The number of hydrogen-bond acceptors (Lipinski definition) is 6. The fraction of sp³-hybridized carbons (Fsp3) is 0.111. The molecule has 0 spiro atoms. The molecule has 7 nitrogen and oxygen atoms in total. The minimum absolute atomic E-state index is 0.199. The maximum Gasteiger partial charge on any atom is 0.339 e. The molecule has 3 rings (SSSR count). The quantitative estimate of drug-likeness (QED) is 0.735. The fourth-order valence-electron chi connectivity index (χ4n) is 2.18. The zero-order chi connectivity index (χ0) is 17.8. The van der Waals surface area contributed by atoms with Crippen LogP contribution in [0.15, 0.2) is 52.9 Å². The zero-order valence-electron chi connectivity index (χ0n) is 13.6. The predicted octanol–water partition coefficient (Wildman–Crippen LogP) is 3.08. The first-order chi connectivity index (χ1) is 12.1. The van der Waals surface area contributed by atoms with Crippen molar-refractivity contribution >= 4 is 17.6 Å². The first-order valence-electron chi connectivity index (χ1n) is 7.47. The number of nitrogens with zero attached hydrogens (tertiary/aromatic N) is 2. The first kappa shape index (κ1) is 16.4. The molecule has 0 aliphatic carbocycles. The number of benzene rings is 2. The molecule has 126 valence electrons. The van der Waals surface area contributed by atoms with Gasteiger partial charge in [-0.15, -0.1) is 10.2 Å². The molecule has 1 N–H and O–H groups in total. The number of aryl methyl sites for hydroxylation is 1. The van der Waals surface area contributed by atoms with Gasteiger partial charge in [0.15, 0.2) is 0 Å². The summed E-state index contributed by atoms with van der Waals surface area (Å²) in [5, 5.41) is 10.2. The van der Waals surface area contributed by atoms with Crippen molar-refractivity contribution in [1.82, 2.24) is 10.2 Å². The van der Waals surface area contributed by atoms with Crippen LogP contribution in [-0.2, 0) is 4.74 Å². The lowest BCUT2D eigenvalue weighted by molar-refractivity contribution is 0.0602. The smallest absolute Gasteiger partial charge is 0.339 e. The van der Waals surface area contributed by atoms with E-state index in [-0.39, 0.29) is 17.3 Å². The Bertz CT molecular complexity index is 916. The van der Waals surface area contributed by atoms with Crippen molar-refractivity contribution < 1.29 is 18.7 Å². The van der Waals surface area contributed by atoms with Gasteiger partial charge < -0.3 is 14.5 Å². The second kappa shape index (κ2) is 6.96. The van der Waals surface area contributed by atoms with Crippen LogP contribution in [0, 0.1) is 6.92 Å². The SMILES string of the molecule is COC(=O)c1ccccc1NC(=O)c1nnc(-c2ccc(C)cc2)o1. The summed E-state index contributed by atoms with van der Waals surface area (Å²) in [5.74, 6) is -1.12. The number of amides is 1.